The van der Waals surface area contributed by atoms with Crippen molar-refractivity contribution in [2.75, 3.05) is 23.8 Å². The van der Waals surface area contributed by atoms with Gasteiger partial charge in [-0.2, -0.15) is 0 Å². The topological polar surface area (TPSA) is 89.6 Å². The fourth-order valence-electron chi connectivity index (χ4n) is 3.33. The zero-order chi connectivity index (χ0) is 18.6. The van der Waals surface area contributed by atoms with Crippen molar-refractivity contribution in [1.82, 2.24) is 4.98 Å². The van der Waals surface area contributed by atoms with Gasteiger partial charge in [-0.25, -0.2) is 4.98 Å². The third kappa shape index (κ3) is 4.39. The third-order valence-corrected chi connectivity index (χ3v) is 5.48. The van der Waals surface area contributed by atoms with E-state index in [0.29, 0.717) is 41.2 Å². The zero-order valence-corrected chi connectivity index (χ0v) is 15.6. The normalized spacial score (nSPS) is 16.1. The number of carbonyl (C=O) groups excluding carboxylic acids is 2. The van der Waals surface area contributed by atoms with Gasteiger partial charge in [0.25, 0.3) is 0 Å². The minimum Gasteiger partial charge on any atom is -0.486 e. The average Bonchev–Trinajstić information content (AvgIpc) is 3.34. The molecular formula is C19H21N3O4S. The highest BCUT2D eigenvalue weighted by Gasteiger charge is 2.23. The summed E-state index contributed by atoms with van der Waals surface area (Å²) in [6.45, 7) is 1.03. The molecule has 8 heteroatoms. The second-order valence-electron chi connectivity index (χ2n) is 6.70. The fraction of sp³-hybridized carbons (Fsp3) is 0.421. The van der Waals surface area contributed by atoms with Gasteiger partial charge >= 0.3 is 0 Å². The van der Waals surface area contributed by atoms with Gasteiger partial charge < -0.3 is 20.1 Å². The Kier molecular flexibility index (Phi) is 5.24. The molecule has 0 bridgehead atoms. The molecule has 142 valence electrons. The van der Waals surface area contributed by atoms with E-state index in [0.717, 1.165) is 25.7 Å². The standard InChI is InChI=1S/C19H21N3O4S/c23-17(20-13-5-6-15-16(9-13)26-8-7-25-15)10-14-11-27-19(21-14)22-18(24)12-3-1-2-4-12/h5-6,9,11-12H,1-4,7-8,10H2,(H,20,23)(H,21,22,24). The van der Waals surface area contributed by atoms with Gasteiger partial charge in [0.05, 0.1) is 12.1 Å². The Morgan fingerprint density at radius 3 is 2.70 bits per heavy atom. The number of carbonyl (C=O) groups is 2. The number of anilines is 2. The highest BCUT2D eigenvalue weighted by molar-refractivity contribution is 7.13. The van der Waals surface area contributed by atoms with Crippen molar-refractivity contribution in [2.24, 2.45) is 5.92 Å². The highest BCUT2D eigenvalue weighted by atomic mass is 32.1. The summed E-state index contributed by atoms with van der Waals surface area (Å²) >= 11 is 1.34. The van der Waals surface area contributed by atoms with E-state index in [9.17, 15) is 9.59 Å². The molecule has 1 aromatic heterocycles. The van der Waals surface area contributed by atoms with Crippen molar-refractivity contribution in [2.45, 2.75) is 32.1 Å². The summed E-state index contributed by atoms with van der Waals surface area (Å²) in [5.74, 6) is 1.27. The molecular weight excluding hydrogens is 366 g/mol. The predicted molar refractivity (Wildman–Crippen MR) is 102 cm³/mol. The SMILES string of the molecule is O=C(Cc1csc(NC(=O)C2CCCC2)n1)Nc1ccc2c(c1)OCCO2. The molecule has 0 atom stereocenters. The average molecular weight is 387 g/mol. The molecule has 1 aliphatic carbocycles. The van der Waals surface area contributed by atoms with Crippen LogP contribution < -0.4 is 20.1 Å². The van der Waals surface area contributed by atoms with Gasteiger partial charge in [-0.05, 0) is 25.0 Å². The molecule has 0 radical (unpaired) electrons. The lowest BCUT2D eigenvalue weighted by molar-refractivity contribution is -0.119. The van der Waals surface area contributed by atoms with Gasteiger partial charge in [0.1, 0.15) is 13.2 Å². The lowest BCUT2D eigenvalue weighted by Crippen LogP contribution is -2.20. The van der Waals surface area contributed by atoms with E-state index in [2.05, 4.69) is 15.6 Å². The van der Waals surface area contributed by atoms with Gasteiger partial charge in [-0.3, -0.25) is 9.59 Å². The molecule has 2 amide bonds. The van der Waals surface area contributed by atoms with Crippen LogP contribution in [0.4, 0.5) is 10.8 Å². The van der Waals surface area contributed by atoms with E-state index in [1.54, 1.807) is 23.6 Å². The van der Waals surface area contributed by atoms with E-state index in [-0.39, 0.29) is 24.2 Å². The second kappa shape index (κ2) is 7.96. The maximum atomic E-state index is 12.3. The Balaban J connectivity index is 1.32. The number of thiazole rings is 1. The minimum absolute atomic E-state index is 0.0362. The van der Waals surface area contributed by atoms with Gasteiger partial charge in [0, 0.05) is 23.1 Å². The number of aromatic nitrogens is 1. The maximum absolute atomic E-state index is 12.3. The monoisotopic (exact) mass is 387 g/mol. The van der Waals surface area contributed by atoms with E-state index in [4.69, 9.17) is 9.47 Å². The van der Waals surface area contributed by atoms with E-state index >= 15 is 0 Å². The molecule has 7 nitrogen and oxygen atoms in total. The Morgan fingerprint density at radius 1 is 1.11 bits per heavy atom. The first-order valence-corrected chi connectivity index (χ1v) is 10.00. The molecule has 27 heavy (non-hydrogen) atoms. The first kappa shape index (κ1) is 17.8. The molecule has 2 N–H and O–H groups in total. The van der Waals surface area contributed by atoms with E-state index in [1.165, 1.54) is 11.3 Å². The molecule has 0 unspecified atom stereocenters. The summed E-state index contributed by atoms with van der Waals surface area (Å²) in [6.07, 6.45) is 4.26. The number of hydrogen-bond acceptors (Lipinski definition) is 6. The van der Waals surface area contributed by atoms with Gasteiger partial charge in [-0.1, -0.05) is 12.8 Å². The van der Waals surface area contributed by atoms with Crippen LogP contribution in [0.1, 0.15) is 31.4 Å². The van der Waals surface area contributed by atoms with Crippen molar-refractivity contribution in [3.05, 3.63) is 29.3 Å². The molecule has 1 fully saturated rings. The number of rotatable bonds is 5. The summed E-state index contributed by atoms with van der Waals surface area (Å²) in [4.78, 5) is 28.8. The van der Waals surface area contributed by atoms with Crippen LogP contribution >= 0.6 is 11.3 Å². The van der Waals surface area contributed by atoms with Crippen molar-refractivity contribution in [1.29, 1.82) is 0 Å². The Bertz CT molecular complexity index is 845. The number of fused-ring (bicyclic) bond motifs is 1. The van der Waals surface area contributed by atoms with E-state index < -0.39 is 0 Å². The summed E-state index contributed by atoms with van der Waals surface area (Å²) in [5.41, 5.74) is 1.28. The molecule has 1 saturated carbocycles. The quantitative estimate of drug-likeness (QED) is 0.822. The molecule has 1 aliphatic heterocycles. The summed E-state index contributed by atoms with van der Waals surface area (Å²) in [5, 5.41) is 8.06. The Morgan fingerprint density at radius 2 is 1.89 bits per heavy atom. The van der Waals surface area contributed by atoms with Crippen molar-refractivity contribution in [3.8, 4) is 11.5 Å². The van der Waals surface area contributed by atoms with Crippen LogP contribution in [0.2, 0.25) is 0 Å². The number of amides is 2. The van der Waals surface area contributed by atoms with Crippen LogP contribution in [0.3, 0.4) is 0 Å². The molecule has 1 aromatic carbocycles. The molecule has 2 aromatic rings. The number of benzene rings is 1. The van der Waals surface area contributed by atoms with Crippen molar-refractivity contribution in [3.63, 3.8) is 0 Å². The number of nitrogens with one attached hydrogen (secondary N) is 2. The lowest BCUT2D eigenvalue weighted by atomic mass is 10.1. The Hall–Kier alpha value is -2.61. The van der Waals surface area contributed by atoms with Crippen LogP contribution in [0.15, 0.2) is 23.6 Å². The molecule has 4 rings (SSSR count). The van der Waals surface area contributed by atoms with Crippen LogP contribution in [0.5, 0.6) is 11.5 Å². The van der Waals surface area contributed by atoms with E-state index in [1.807, 2.05) is 0 Å². The molecule has 0 saturated heterocycles. The van der Waals surface area contributed by atoms with Crippen LogP contribution in [0, 0.1) is 5.92 Å². The second-order valence-corrected chi connectivity index (χ2v) is 7.56. The van der Waals surface area contributed by atoms with Gasteiger partial charge in [0.2, 0.25) is 11.8 Å². The summed E-state index contributed by atoms with van der Waals surface area (Å²) in [7, 11) is 0. The predicted octanol–water partition coefficient (Wildman–Crippen LogP) is 3.22. The smallest absolute Gasteiger partial charge is 0.230 e. The van der Waals surface area contributed by atoms with Crippen molar-refractivity contribution < 1.29 is 19.1 Å². The van der Waals surface area contributed by atoms with Gasteiger partial charge in [0.15, 0.2) is 16.6 Å². The molecule has 2 heterocycles. The Labute approximate surface area is 161 Å². The van der Waals surface area contributed by atoms with Gasteiger partial charge in [-0.15, -0.1) is 11.3 Å². The number of hydrogen-bond donors (Lipinski definition) is 2. The fourth-order valence-corrected chi connectivity index (χ4v) is 4.05. The summed E-state index contributed by atoms with van der Waals surface area (Å²) < 4.78 is 11.0. The minimum atomic E-state index is -0.175. The maximum Gasteiger partial charge on any atom is 0.230 e. The van der Waals surface area contributed by atoms with Crippen LogP contribution in [0.25, 0.3) is 0 Å². The molecule has 0 spiro atoms. The largest absolute Gasteiger partial charge is 0.486 e. The first-order valence-electron chi connectivity index (χ1n) is 9.12. The lowest BCUT2D eigenvalue weighted by Gasteiger charge is -2.18. The number of ether oxygens (including phenoxy) is 2. The third-order valence-electron chi connectivity index (χ3n) is 4.68. The van der Waals surface area contributed by atoms with Crippen LogP contribution in [-0.2, 0) is 16.0 Å². The zero-order valence-electron chi connectivity index (χ0n) is 14.8. The highest BCUT2D eigenvalue weighted by Crippen LogP contribution is 2.32. The first-order chi connectivity index (χ1) is 13.2. The van der Waals surface area contributed by atoms with Crippen LogP contribution in [-0.4, -0.2) is 30.0 Å². The summed E-state index contributed by atoms with van der Waals surface area (Å²) in [6, 6.07) is 5.31. The molecule has 2 aliphatic rings. The van der Waals surface area contributed by atoms with Crippen molar-refractivity contribution >= 4 is 34.0 Å². The number of nitrogens with zero attached hydrogens (tertiary/aromatic N) is 1.